The van der Waals surface area contributed by atoms with Crippen molar-refractivity contribution in [2.45, 2.75) is 19.6 Å². The molecule has 3 rings (SSSR count). The summed E-state index contributed by atoms with van der Waals surface area (Å²) in [5.74, 6) is -0.703. The van der Waals surface area contributed by atoms with Gasteiger partial charge in [0, 0.05) is 37.7 Å². The number of amides is 1. The van der Waals surface area contributed by atoms with E-state index in [9.17, 15) is 9.59 Å². The number of hydrogen-bond acceptors (Lipinski definition) is 4. The van der Waals surface area contributed by atoms with Gasteiger partial charge >= 0.3 is 5.97 Å². The molecule has 1 aliphatic rings. The largest absolute Gasteiger partial charge is 0.449 e. The summed E-state index contributed by atoms with van der Waals surface area (Å²) < 4.78 is 5.33. The van der Waals surface area contributed by atoms with E-state index in [-0.39, 0.29) is 5.91 Å². The van der Waals surface area contributed by atoms with Crippen molar-refractivity contribution < 1.29 is 14.3 Å². The number of hydrogen-bond donors (Lipinski definition) is 0. The predicted octanol–water partition coefficient (Wildman–Crippen LogP) is 3.23. The molecule has 0 saturated carbocycles. The van der Waals surface area contributed by atoms with Gasteiger partial charge in [-0.05, 0) is 30.7 Å². The van der Waals surface area contributed by atoms with Crippen molar-refractivity contribution in [2.24, 2.45) is 0 Å². The smallest absolute Gasteiger partial charge is 0.338 e. The molecule has 1 fully saturated rings. The Hall–Kier alpha value is -2.37. The summed E-state index contributed by atoms with van der Waals surface area (Å²) in [6.45, 7) is 5.35. The zero-order valence-corrected chi connectivity index (χ0v) is 16.1. The van der Waals surface area contributed by atoms with Gasteiger partial charge in [0.05, 0.1) is 5.56 Å². The van der Waals surface area contributed by atoms with Crippen LogP contribution in [0.4, 0.5) is 0 Å². The molecule has 0 radical (unpaired) electrons. The number of carbonyl (C=O) groups excluding carboxylic acids is 2. The normalized spacial score (nSPS) is 16.0. The van der Waals surface area contributed by atoms with Gasteiger partial charge in [0.1, 0.15) is 0 Å². The summed E-state index contributed by atoms with van der Waals surface area (Å²) in [7, 11) is 0. The van der Waals surface area contributed by atoms with E-state index >= 15 is 0 Å². The van der Waals surface area contributed by atoms with Crippen LogP contribution in [0.15, 0.2) is 54.6 Å². The lowest BCUT2D eigenvalue weighted by Gasteiger charge is -2.35. The van der Waals surface area contributed by atoms with Crippen LogP contribution in [-0.2, 0) is 16.1 Å². The van der Waals surface area contributed by atoms with Crippen LogP contribution in [0.5, 0.6) is 0 Å². The van der Waals surface area contributed by atoms with E-state index in [0.29, 0.717) is 23.7 Å². The summed E-state index contributed by atoms with van der Waals surface area (Å²) in [4.78, 5) is 28.9. The maximum absolute atomic E-state index is 12.6. The van der Waals surface area contributed by atoms with E-state index in [1.54, 1.807) is 30.0 Å². The molecule has 1 aliphatic heterocycles. The Labute approximate surface area is 164 Å². The summed E-state index contributed by atoms with van der Waals surface area (Å²) in [5, 5.41) is 0.456. The second-order valence-corrected chi connectivity index (χ2v) is 7.08. The molecule has 1 atom stereocenters. The van der Waals surface area contributed by atoms with E-state index in [1.807, 2.05) is 18.2 Å². The van der Waals surface area contributed by atoms with E-state index in [0.717, 1.165) is 19.6 Å². The Bertz CT molecular complexity index is 789. The van der Waals surface area contributed by atoms with Gasteiger partial charge in [0.2, 0.25) is 0 Å². The number of rotatable bonds is 5. The molecule has 0 spiro atoms. The lowest BCUT2D eigenvalue weighted by Crippen LogP contribution is -2.51. The van der Waals surface area contributed by atoms with Gasteiger partial charge in [0.15, 0.2) is 6.10 Å². The van der Waals surface area contributed by atoms with Crippen molar-refractivity contribution in [1.29, 1.82) is 0 Å². The molecule has 142 valence electrons. The summed E-state index contributed by atoms with van der Waals surface area (Å²) >= 11 is 5.89. The number of halogens is 1. The molecule has 0 bridgehead atoms. The molecule has 0 aliphatic carbocycles. The maximum Gasteiger partial charge on any atom is 0.338 e. The number of nitrogens with zero attached hydrogens (tertiary/aromatic N) is 2. The third-order valence-corrected chi connectivity index (χ3v) is 4.86. The quantitative estimate of drug-likeness (QED) is 0.740. The highest BCUT2D eigenvalue weighted by molar-refractivity contribution is 6.30. The minimum Gasteiger partial charge on any atom is -0.449 e. The summed E-state index contributed by atoms with van der Waals surface area (Å²) in [6, 6.07) is 16.8. The second-order valence-electron chi connectivity index (χ2n) is 6.64. The van der Waals surface area contributed by atoms with Crippen LogP contribution in [-0.4, -0.2) is 54.0 Å². The van der Waals surface area contributed by atoms with Crippen LogP contribution in [0, 0.1) is 0 Å². The zero-order chi connectivity index (χ0) is 19.2. The molecular weight excluding hydrogens is 364 g/mol. The summed E-state index contributed by atoms with van der Waals surface area (Å²) in [5.41, 5.74) is 1.61. The maximum atomic E-state index is 12.6. The summed E-state index contributed by atoms with van der Waals surface area (Å²) in [6.07, 6.45) is -0.822. The molecule has 2 aromatic carbocycles. The molecule has 2 aromatic rings. The van der Waals surface area contributed by atoms with Crippen molar-refractivity contribution in [2.75, 3.05) is 26.2 Å². The third-order valence-electron chi connectivity index (χ3n) is 4.62. The Morgan fingerprint density at radius 3 is 2.41 bits per heavy atom. The second kappa shape index (κ2) is 9.02. The number of carbonyl (C=O) groups is 2. The Morgan fingerprint density at radius 2 is 1.74 bits per heavy atom. The van der Waals surface area contributed by atoms with Crippen LogP contribution in [0.25, 0.3) is 0 Å². The van der Waals surface area contributed by atoms with Gasteiger partial charge in [-0.1, -0.05) is 48.0 Å². The number of benzene rings is 2. The van der Waals surface area contributed by atoms with Gasteiger partial charge in [-0.15, -0.1) is 0 Å². The molecule has 27 heavy (non-hydrogen) atoms. The van der Waals surface area contributed by atoms with Crippen molar-refractivity contribution >= 4 is 23.5 Å². The fourth-order valence-corrected chi connectivity index (χ4v) is 3.31. The molecule has 1 saturated heterocycles. The fraction of sp³-hybridized carbons (Fsp3) is 0.333. The topological polar surface area (TPSA) is 49.9 Å². The van der Waals surface area contributed by atoms with Gasteiger partial charge in [0.25, 0.3) is 5.91 Å². The molecular formula is C21H23ClN2O3. The van der Waals surface area contributed by atoms with Gasteiger partial charge in [-0.3, -0.25) is 9.69 Å². The Morgan fingerprint density at radius 1 is 1.04 bits per heavy atom. The van der Waals surface area contributed by atoms with E-state index in [4.69, 9.17) is 16.3 Å². The number of esters is 1. The van der Waals surface area contributed by atoms with Crippen molar-refractivity contribution in [3.8, 4) is 0 Å². The predicted molar refractivity (Wildman–Crippen MR) is 105 cm³/mol. The highest BCUT2D eigenvalue weighted by Crippen LogP contribution is 2.14. The molecule has 6 heteroatoms. The van der Waals surface area contributed by atoms with Crippen LogP contribution < -0.4 is 0 Å². The lowest BCUT2D eigenvalue weighted by molar-refractivity contribution is -0.141. The monoisotopic (exact) mass is 386 g/mol. The highest BCUT2D eigenvalue weighted by Gasteiger charge is 2.27. The highest BCUT2D eigenvalue weighted by atomic mass is 35.5. The van der Waals surface area contributed by atoms with E-state index in [1.165, 1.54) is 11.6 Å². The first-order valence-electron chi connectivity index (χ1n) is 9.04. The minimum absolute atomic E-state index is 0.162. The zero-order valence-electron chi connectivity index (χ0n) is 15.3. The standard InChI is InChI=1S/C21H23ClN2O3/c1-16(27-21(26)18-8-5-9-19(22)14-18)20(25)24-12-10-23(11-13-24)15-17-6-3-2-4-7-17/h2-9,14,16H,10-13,15H2,1H3. The first kappa shape index (κ1) is 19.4. The van der Waals surface area contributed by atoms with Crippen molar-refractivity contribution in [1.82, 2.24) is 9.80 Å². The Balaban J connectivity index is 1.49. The minimum atomic E-state index is -0.822. The number of piperazine rings is 1. The SMILES string of the molecule is CC(OC(=O)c1cccc(Cl)c1)C(=O)N1CCN(Cc2ccccc2)CC1. The van der Waals surface area contributed by atoms with Gasteiger partial charge < -0.3 is 9.64 Å². The molecule has 5 nitrogen and oxygen atoms in total. The fourth-order valence-electron chi connectivity index (χ4n) is 3.12. The third kappa shape index (κ3) is 5.31. The van der Waals surface area contributed by atoms with Crippen LogP contribution in [0.3, 0.4) is 0 Å². The molecule has 0 N–H and O–H groups in total. The molecule has 1 amide bonds. The van der Waals surface area contributed by atoms with Gasteiger partial charge in [-0.2, -0.15) is 0 Å². The average Bonchev–Trinajstić information content (AvgIpc) is 2.69. The van der Waals surface area contributed by atoms with E-state index < -0.39 is 12.1 Å². The van der Waals surface area contributed by atoms with Crippen LogP contribution in [0.1, 0.15) is 22.8 Å². The van der Waals surface area contributed by atoms with Crippen molar-refractivity contribution in [3.05, 3.63) is 70.7 Å². The average molecular weight is 387 g/mol. The number of ether oxygens (including phenoxy) is 1. The van der Waals surface area contributed by atoms with E-state index in [2.05, 4.69) is 17.0 Å². The Kier molecular flexibility index (Phi) is 6.48. The van der Waals surface area contributed by atoms with Crippen molar-refractivity contribution in [3.63, 3.8) is 0 Å². The molecule has 1 heterocycles. The molecule has 0 aromatic heterocycles. The first-order valence-corrected chi connectivity index (χ1v) is 9.42. The first-order chi connectivity index (χ1) is 13.0. The van der Waals surface area contributed by atoms with Crippen LogP contribution in [0.2, 0.25) is 5.02 Å². The molecule has 1 unspecified atom stereocenters. The van der Waals surface area contributed by atoms with Crippen LogP contribution >= 0.6 is 11.6 Å². The lowest BCUT2D eigenvalue weighted by atomic mass is 10.2. The van der Waals surface area contributed by atoms with Gasteiger partial charge in [-0.25, -0.2) is 4.79 Å².